The fourth-order valence-corrected chi connectivity index (χ4v) is 3.96. The summed E-state index contributed by atoms with van der Waals surface area (Å²) >= 11 is 1.36. The molecule has 0 radical (unpaired) electrons. The predicted molar refractivity (Wildman–Crippen MR) is 111 cm³/mol. The molecule has 1 N–H and O–H groups in total. The van der Waals surface area contributed by atoms with E-state index < -0.39 is 0 Å². The van der Waals surface area contributed by atoms with Crippen molar-refractivity contribution in [1.29, 1.82) is 0 Å². The van der Waals surface area contributed by atoms with E-state index in [1.54, 1.807) is 13.4 Å². The highest BCUT2D eigenvalue weighted by Gasteiger charge is 2.20. The number of para-hydroxylation sites is 1. The first kappa shape index (κ1) is 19.3. The van der Waals surface area contributed by atoms with Crippen molar-refractivity contribution >= 4 is 17.7 Å². The molecule has 7 nitrogen and oxygen atoms in total. The van der Waals surface area contributed by atoms with Gasteiger partial charge in [0, 0.05) is 18.2 Å². The van der Waals surface area contributed by atoms with Gasteiger partial charge in [-0.3, -0.25) is 9.36 Å². The zero-order valence-electron chi connectivity index (χ0n) is 16.1. The van der Waals surface area contributed by atoms with Crippen LogP contribution in [0.4, 0.5) is 0 Å². The Kier molecular flexibility index (Phi) is 6.00. The molecule has 150 valence electrons. The monoisotopic (exact) mass is 410 g/mol. The summed E-state index contributed by atoms with van der Waals surface area (Å²) < 4.78 is 12.8. The van der Waals surface area contributed by atoms with Gasteiger partial charge in [-0.05, 0) is 42.3 Å². The average Bonchev–Trinajstić information content (AvgIpc) is 3.25. The molecular formula is C21H22N4O3S. The van der Waals surface area contributed by atoms with E-state index in [-0.39, 0.29) is 17.6 Å². The maximum atomic E-state index is 12.3. The minimum absolute atomic E-state index is 0.0295. The van der Waals surface area contributed by atoms with E-state index in [2.05, 4.69) is 21.6 Å². The molecule has 29 heavy (non-hydrogen) atoms. The van der Waals surface area contributed by atoms with Crippen molar-refractivity contribution in [3.63, 3.8) is 0 Å². The van der Waals surface area contributed by atoms with Crippen molar-refractivity contribution in [1.82, 2.24) is 20.1 Å². The lowest BCUT2D eigenvalue weighted by molar-refractivity contribution is -0.118. The van der Waals surface area contributed by atoms with E-state index in [1.807, 2.05) is 47.0 Å². The molecule has 3 aromatic rings. The number of nitrogens with zero attached hydrogens (tertiary/aromatic N) is 3. The van der Waals surface area contributed by atoms with E-state index in [4.69, 9.17) is 9.47 Å². The molecule has 0 saturated carbocycles. The number of methoxy groups -OCH3 is 1. The van der Waals surface area contributed by atoms with Crippen LogP contribution >= 0.6 is 11.8 Å². The normalized spacial score (nSPS) is 15.3. The molecule has 2 aromatic carbocycles. The van der Waals surface area contributed by atoms with Crippen LogP contribution < -0.4 is 14.8 Å². The topological polar surface area (TPSA) is 78.3 Å². The smallest absolute Gasteiger partial charge is 0.230 e. The van der Waals surface area contributed by atoms with Crippen LogP contribution in [0, 0.1) is 5.92 Å². The van der Waals surface area contributed by atoms with Crippen LogP contribution in [0.3, 0.4) is 0 Å². The highest BCUT2D eigenvalue weighted by molar-refractivity contribution is 7.99. The van der Waals surface area contributed by atoms with Crippen molar-refractivity contribution in [3.05, 3.63) is 60.4 Å². The Morgan fingerprint density at radius 3 is 2.93 bits per heavy atom. The van der Waals surface area contributed by atoms with Crippen molar-refractivity contribution in [3.8, 4) is 17.2 Å². The summed E-state index contributed by atoms with van der Waals surface area (Å²) in [6, 6.07) is 15.6. The van der Waals surface area contributed by atoms with Gasteiger partial charge in [-0.15, -0.1) is 10.2 Å². The Morgan fingerprint density at radius 2 is 2.10 bits per heavy atom. The number of aromatic nitrogens is 3. The van der Waals surface area contributed by atoms with Gasteiger partial charge in [-0.1, -0.05) is 30.0 Å². The predicted octanol–water partition coefficient (Wildman–Crippen LogP) is 2.74. The minimum atomic E-state index is -0.0295. The number of ether oxygens (including phenoxy) is 2. The third kappa shape index (κ3) is 4.71. The second-order valence-corrected chi connectivity index (χ2v) is 7.71. The molecule has 4 rings (SSSR count). The molecule has 8 heteroatoms. The molecule has 0 spiro atoms. The van der Waals surface area contributed by atoms with Gasteiger partial charge in [-0.2, -0.15) is 0 Å². The molecule has 1 amide bonds. The number of hydrogen-bond donors (Lipinski definition) is 1. The molecule has 0 bridgehead atoms. The van der Waals surface area contributed by atoms with Crippen LogP contribution in [0.5, 0.6) is 11.5 Å². The molecule has 1 aromatic heterocycles. The summed E-state index contributed by atoms with van der Waals surface area (Å²) in [7, 11) is 1.63. The maximum Gasteiger partial charge on any atom is 0.230 e. The molecule has 1 atom stereocenters. The zero-order valence-corrected chi connectivity index (χ0v) is 16.9. The fraction of sp³-hybridized carbons (Fsp3) is 0.286. The third-order valence-electron chi connectivity index (χ3n) is 4.74. The number of benzene rings is 2. The van der Waals surface area contributed by atoms with Gasteiger partial charge in [0.25, 0.3) is 0 Å². The van der Waals surface area contributed by atoms with E-state index in [9.17, 15) is 4.79 Å². The molecule has 1 aliphatic heterocycles. The Bertz CT molecular complexity index is 974. The zero-order chi connectivity index (χ0) is 20.1. The van der Waals surface area contributed by atoms with Gasteiger partial charge in [0.1, 0.15) is 17.8 Å². The van der Waals surface area contributed by atoms with Crippen molar-refractivity contribution in [2.75, 3.05) is 26.0 Å². The van der Waals surface area contributed by atoms with Crippen LogP contribution in [-0.4, -0.2) is 46.7 Å². The number of carbonyl (C=O) groups is 1. The Morgan fingerprint density at radius 1 is 1.28 bits per heavy atom. The molecule has 1 unspecified atom stereocenters. The Hall–Kier alpha value is -3.00. The summed E-state index contributed by atoms with van der Waals surface area (Å²) in [6.07, 6.45) is 2.55. The second kappa shape index (κ2) is 9.00. The van der Waals surface area contributed by atoms with E-state index in [1.165, 1.54) is 17.3 Å². The second-order valence-electron chi connectivity index (χ2n) is 6.76. The first-order valence-corrected chi connectivity index (χ1v) is 10.4. The Labute approximate surface area is 173 Å². The number of rotatable bonds is 7. The Balaban J connectivity index is 1.28. The number of hydrogen-bond acceptors (Lipinski definition) is 6. The number of carbonyl (C=O) groups excluding carboxylic acids is 1. The quantitative estimate of drug-likeness (QED) is 0.604. The van der Waals surface area contributed by atoms with Crippen molar-refractivity contribution in [2.45, 2.75) is 11.6 Å². The largest absolute Gasteiger partial charge is 0.497 e. The van der Waals surface area contributed by atoms with Gasteiger partial charge in [-0.25, -0.2) is 0 Å². The lowest BCUT2D eigenvalue weighted by Gasteiger charge is -2.25. The third-order valence-corrected chi connectivity index (χ3v) is 5.69. The van der Waals surface area contributed by atoms with Crippen LogP contribution in [0.2, 0.25) is 0 Å². The van der Waals surface area contributed by atoms with Crippen molar-refractivity contribution < 1.29 is 14.3 Å². The van der Waals surface area contributed by atoms with E-state index in [0.29, 0.717) is 18.3 Å². The summed E-state index contributed by atoms with van der Waals surface area (Å²) in [4.78, 5) is 12.3. The SMILES string of the molecule is COc1ccc(-n2cnnc2SCC(=O)NCC2COc3ccccc3C2)cc1. The van der Waals surface area contributed by atoms with Gasteiger partial charge in [0.05, 0.1) is 19.5 Å². The number of amides is 1. The van der Waals surface area contributed by atoms with E-state index >= 15 is 0 Å². The van der Waals surface area contributed by atoms with Crippen LogP contribution in [0.1, 0.15) is 5.56 Å². The lowest BCUT2D eigenvalue weighted by atomic mass is 9.97. The number of fused-ring (bicyclic) bond motifs is 1. The van der Waals surface area contributed by atoms with Crippen LogP contribution in [-0.2, 0) is 11.2 Å². The fourth-order valence-electron chi connectivity index (χ4n) is 3.20. The molecule has 2 heterocycles. The minimum Gasteiger partial charge on any atom is -0.497 e. The first-order chi connectivity index (χ1) is 14.2. The molecule has 0 saturated heterocycles. The summed E-state index contributed by atoms with van der Waals surface area (Å²) in [6.45, 7) is 1.22. The molecular weight excluding hydrogens is 388 g/mol. The first-order valence-electron chi connectivity index (χ1n) is 9.37. The van der Waals surface area contributed by atoms with Gasteiger partial charge in [0.2, 0.25) is 5.91 Å². The average molecular weight is 410 g/mol. The number of thioether (sulfide) groups is 1. The summed E-state index contributed by atoms with van der Waals surface area (Å²) in [5.41, 5.74) is 2.11. The van der Waals surface area contributed by atoms with Gasteiger partial charge < -0.3 is 14.8 Å². The number of nitrogens with one attached hydrogen (secondary N) is 1. The van der Waals surface area contributed by atoms with Crippen molar-refractivity contribution in [2.24, 2.45) is 5.92 Å². The lowest BCUT2D eigenvalue weighted by Crippen LogP contribution is -2.35. The van der Waals surface area contributed by atoms with E-state index in [0.717, 1.165) is 23.6 Å². The molecule has 0 aliphatic carbocycles. The van der Waals surface area contributed by atoms with Crippen LogP contribution in [0.25, 0.3) is 5.69 Å². The standard InChI is InChI=1S/C21H22N4O3S/c1-27-18-8-6-17(7-9-18)25-14-23-24-21(25)29-13-20(26)22-11-15-10-16-4-2-3-5-19(16)28-12-15/h2-9,14-15H,10-13H2,1H3,(H,22,26). The highest BCUT2D eigenvalue weighted by atomic mass is 32.2. The summed E-state index contributed by atoms with van der Waals surface area (Å²) in [5.74, 6) is 2.26. The summed E-state index contributed by atoms with van der Waals surface area (Å²) in [5, 5.41) is 11.8. The highest BCUT2D eigenvalue weighted by Crippen LogP contribution is 2.26. The molecule has 1 aliphatic rings. The van der Waals surface area contributed by atoms with Gasteiger partial charge in [0.15, 0.2) is 5.16 Å². The molecule has 0 fully saturated rings. The van der Waals surface area contributed by atoms with Crippen LogP contribution in [0.15, 0.2) is 60.0 Å². The van der Waals surface area contributed by atoms with Gasteiger partial charge >= 0.3 is 0 Å². The maximum absolute atomic E-state index is 12.3.